The Labute approximate surface area is 274 Å². The van der Waals surface area contributed by atoms with Crippen molar-refractivity contribution in [1.82, 2.24) is 30.0 Å². The lowest BCUT2D eigenvalue weighted by atomic mass is 9.73. The second kappa shape index (κ2) is 14.4. The van der Waals surface area contributed by atoms with Crippen LogP contribution in [0.2, 0.25) is 0 Å². The summed E-state index contributed by atoms with van der Waals surface area (Å²) < 4.78 is 16.4. The number of pyridine rings is 1. The number of nitriles is 1. The van der Waals surface area contributed by atoms with E-state index in [0.29, 0.717) is 49.2 Å². The molecule has 47 heavy (non-hydrogen) atoms. The number of piperidine rings is 1. The van der Waals surface area contributed by atoms with Crippen molar-refractivity contribution in [3.63, 3.8) is 0 Å². The molecule has 4 heterocycles. The predicted octanol–water partition coefficient (Wildman–Crippen LogP) is 4.89. The van der Waals surface area contributed by atoms with Crippen LogP contribution in [0.1, 0.15) is 67.1 Å². The third-order valence-corrected chi connectivity index (χ3v) is 9.75. The van der Waals surface area contributed by atoms with Crippen molar-refractivity contribution in [2.45, 2.75) is 63.1 Å². The van der Waals surface area contributed by atoms with Gasteiger partial charge in [0.25, 0.3) is 0 Å². The van der Waals surface area contributed by atoms with Crippen LogP contribution in [0.25, 0.3) is 11.1 Å². The van der Waals surface area contributed by atoms with Crippen LogP contribution in [0.5, 0.6) is 0 Å². The van der Waals surface area contributed by atoms with Gasteiger partial charge in [-0.05, 0) is 49.1 Å². The molecule has 2 aliphatic rings. The first-order valence-corrected chi connectivity index (χ1v) is 16.4. The fourth-order valence-electron chi connectivity index (χ4n) is 6.90. The summed E-state index contributed by atoms with van der Waals surface area (Å²) in [5.41, 5.74) is 2.55. The maximum atomic E-state index is 14.6. The van der Waals surface area contributed by atoms with Gasteiger partial charge in [-0.15, -0.1) is 0 Å². The van der Waals surface area contributed by atoms with E-state index in [1.54, 1.807) is 17.1 Å². The first-order chi connectivity index (χ1) is 22.8. The number of aliphatic hydroxyl groups excluding tert-OH is 1. The molecular weight excluding hydrogens is 595 g/mol. The largest absolute Gasteiger partial charge is 0.393 e. The number of halogens is 1. The molecule has 1 unspecified atom stereocenters. The summed E-state index contributed by atoms with van der Waals surface area (Å²) in [4.78, 5) is 29.8. The number of nitrogens with zero attached hydrogens (tertiary/aromatic N) is 7. The smallest absolute Gasteiger partial charge is 0.229 e. The molecule has 1 aliphatic heterocycles. The third-order valence-electron chi connectivity index (χ3n) is 9.75. The first-order valence-electron chi connectivity index (χ1n) is 16.4. The molecule has 1 saturated heterocycles. The van der Waals surface area contributed by atoms with Crippen LogP contribution in [-0.4, -0.2) is 61.1 Å². The minimum Gasteiger partial charge on any atom is -0.393 e. The van der Waals surface area contributed by atoms with E-state index < -0.39 is 12.3 Å². The minimum absolute atomic E-state index is 0.0148. The van der Waals surface area contributed by atoms with E-state index in [1.165, 1.54) is 0 Å². The quantitative estimate of drug-likeness (QED) is 0.251. The Kier molecular flexibility index (Phi) is 9.87. The van der Waals surface area contributed by atoms with Gasteiger partial charge < -0.3 is 15.3 Å². The van der Waals surface area contributed by atoms with Gasteiger partial charge in [0.15, 0.2) is 0 Å². The molecule has 4 aromatic rings. The normalized spacial score (nSPS) is 19.9. The number of hydrogen-bond donors (Lipinski definition) is 2. The highest BCUT2D eigenvalue weighted by atomic mass is 19.1. The Balaban J connectivity index is 1.14. The van der Waals surface area contributed by atoms with Gasteiger partial charge in [-0.3, -0.25) is 14.5 Å². The Morgan fingerprint density at radius 2 is 1.83 bits per heavy atom. The molecule has 2 N–H and O–H groups in total. The lowest BCUT2D eigenvalue weighted by Crippen LogP contribution is -2.44. The fraction of sp³-hybridized carbons (Fsp3) is 0.444. The zero-order chi connectivity index (χ0) is 32.8. The van der Waals surface area contributed by atoms with Crippen LogP contribution in [0, 0.1) is 23.2 Å². The molecular formula is C36H41FN8O2. The van der Waals surface area contributed by atoms with E-state index in [-0.39, 0.29) is 30.6 Å². The van der Waals surface area contributed by atoms with Crippen molar-refractivity contribution in [3.05, 3.63) is 89.9 Å². The van der Waals surface area contributed by atoms with Crippen LogP contribution in [-0.2, 0) is 24.8 Å². The third kappa shape index (κ3) is 7.66. The number of aryl methyl sites for hydroxylation is 1. The van der Waals surface area contributed by atoms with Crippen LogP contribution in [0.3, 0.4) is 0 Å². The zero-order valence-corrected chi connectivity index (χ0v) is 26.7. The number of carbonyl (C=O) groups is 1. The average Bonchev–Trinajstić information content (AvgIpc) is 3.55. The second-order valence-corrected chi connectivity index (χ2v) is 13.0. The number of carbonyl (C=O) groups excluding carboxylic acids is 1. The zero-order valence-electron chi connectivity index (χ0n) is 26.7. The summed E-state index contributed by atoms with van der Waals surface area (Å²) in [6.07, 6.45) is 11.8. The van der Waals surface area contributed by atoms with Crippen LogP contribution in [0.15, 0.2) is 67.3 Å². The number of amides is 1. The van der Waals surface area contributed by atoms with Gasteiger partial charge in [-0.1, -0.05) is 36.4 Å². The summed E-state index contributed by atoms with van der Waals surface area (Å²) in [5, 5.41) is 26.5. The van der Waals surface area contributed by atoms with Crippen molar-refractivity contribution in [1.29, 1.82) is 5.26 Å². The van der Waals surface area contributed by atoms with Crippen LogP contribution < -0.4 is 10.2 Å². The molecule has 1 amide bonds. The van der Waals surface area contributed by atoms with Crippen LogP contribution >= 0.6 is 0 Å². The Bertz CT molecular complexity index is 1690. The molecule has 2 fully saturated rings. The molecule has 0 spiro atoms. The van der Waals surface area contributed by atoms with E-state index >= 15 is 0 Å². The van der Waals surface area contributed by atoms with Gasteiger partial charge >= 0.3 is 0 Å². The molecule has 0 radical (unpaired) electrons. The molecule has 1 aliphatic carbocycles. The Morgan fingerprint density at radius 3 is 2.47 bits per heavy atom. The molecule has 1 atom stereocenters. The van der Waals surface area contributed by atoms with Crippen molar-refractivity contribution in [3.8, 4) is 17.2 Å². The summed E-state index contributed by atoms with van der Waals surface area (Å²) in [6, 6.07) is 16.1. The Hall–Kier alpha value is -4.69. The fourth-order valence-corrected chi connectivity index (χ4v) is 6.90. The van der Waals surface area contributed by atoms with E-state index in [2.05, 4.69) is 21.5 Å². The highest BCUT2D eigenvalue weighted by molar-refractivity contribution is 5.83. The lowest BCUT2D eigenvalue weighted by Gasteiger charge is -2.36. The molecule has 10 nitrogen and oxygen atoms in total. The number of nitrogens with one attached hydrogen (secondary N) is 1. The molecule has 0 bridgehead atoms. The molecule has 11 heteroatoms. The Morgan fingerprint density at radius 1 is 1.06 bits per heavy atom. The van der Waals surface area contributed by atoms with Gasteiger partial charge in [0.05, 0.1) is 30.6 Å². The average molecular weight is 637 g/mol. The minimum atomic E-state index is -1.58. The van der Waals surface area contributed by atoms with Gasteiger partial charge in [0, 0.05) is 69.5 Å². The van der Waals surface area contributed by atoms with Crippen molar-refractivity contribution >= 4 is 11.7 Å². The van der Waals surface area contributed by atoms with E-state index in [1.807, 2.05) is 66.8 Å². The number of aromatic nitrogens is 5. The monoisotopic (exact) mass is 636 g/mol. The number of aliphatic hydroxyl groups is 1. The molecule has 3 aromatic heterocycles. The number of hydrogen-bond acceptors (Lipinski definition) is 8. The van der Waals surface area contributed by atoms with E-state index in [9.17, 15) is 19.6 Å². The second-order valence-electron chi connectivity index (χ2n) is 13.0. The maximum absolute atomic E-state index is 14.6. The van der Waals surface area contributed by atoms with Gasteiger partial charge in [0.2, 0.25) is 5.91 Å². The SMILES string of the molecule is Cn1cc(-c2ccc(C(C(=O)NCc3ccccc3)[C@H]3CC[C@H](Cc4ncc(C#N)c(N5CCC(F)(CO)CC5)n4)CC3)nc2)cn1. The van der Waals surface area contributed by atoms with Crippen LogP contribution in [0.4, 0.5) is 10.2 Å². The van der Waals surface area contributed by atoms with Gasteiger partial charge in [-0.25, -0.2) is 14.4 Å². The van der Waals surface area contributed by atoms with Crippen molar-refractivity contribution in [2.24, 2.45) is 18.9 Å². The van der Waals surface area contributed by atoms with Gasteiger partial charge in [-0.2, -0.15) is 10.4 Å². The highest BCUT2D eigenvalue weighted by Crippen LogP contribution is 2.39. The molecule has 6 rings (SSSR count). The first kappa shape index (κ1) is 32.3. The summed E-state index contributed by atoms with van der Waals surface area (Å²) in [5.74, 6) is 1.31. The van der Waals surface area contributed by atoms with Crippen molar-refractivity contribution in [2.75, 3.05) is 24.6 Å². The van der Waals surface area contributed by atoms with Crippen molar-refractivity contribution < 1.29 is 14.3 Å². The maximum Gasteiger partial charge on any atom is 0.229 e. The molecule has 244 valence electrons. The van der Waals surface area contributed by atoms with Gasteiger partial charge in [0.1, 0.15) is 28.9 Å². The highest BCUT2D eigenvalue weighted by Gasteiger charge is 2.36. The molecule has 1 aromatic carbocycles. The standard InChI is InChI=1S/C36H41FN8O2/c1-44-23-30(22-42-44)28-11-12-31(39-20-28)33(35(47)41-19-26-5-3-2-4-6-26)27-9-7-25(8-10-27)17-32-40-21-29(18-38)34(43-32)45-15-13-36(37,24-46)14-16-45/h2-6,11-12,20-23,25,27,33,46H,7-10,13-17,19,24H2,1H3,(H,41,47)/t25-,27-,33?. The van der Waals surface area contributed by atoms with E-state index in [0.717, 1.165) is 48.1 Å². The topological polar surface area (TPSA) is 133 Å². The number of benzene rings is 1. The number of rotatable bonds is 10. The summed E-state index contributed by atoms with van der Waals surface area (Å²) in [6.45, 7) is 0.740. The lowest BCUT2D eigenvalue weighted by molar-refractivity contribution is -0.124. The number of alkyl halides is 1. The number of anilines is 1. The van der Waals surface area contributed by atoms with E-state index in [4.69, 9.17) is 9.97 Å². The molecule has 1 saturated carbocycles. The predicted molar refractivity (Wildman–Crippen MR) is 176 cm³/mol. The summed E-state index contributed by atoms with van der Waals surface area (Å²) in [7, 11) is 1.88. The summed E-state index contributed by atoms with van der Waals surface area (Å²) >= 11 is 0.